The van der Waals surface area contributed by atoms with Crippen molar-refractivity contribution in [2.75, 3.05) is 38.2 Å². The number of rotatable bonds is 6. The van der Waals surface area contributed by atoms with Gasteiger partial charge in [0.15, 0.2) is 11.0 Å². The van der Waals surface area contributed by atoms with Gasteiger partial charge in [0.25, 0.3) is 0 Å². The first-order valence-corrected chi connectivity index (χ1v) is 9.48. The summed E-state index contributed by atoms with van der Waals surface area (Å²) in [6.07, 6.45) is 0. The second kappa shape index (κ2) is 7.94. The molecule has 3 heterocycles. The van der Waals surface area contributed by atoms with Crippen molar-refractivity contribution in [2.45, 2.75) is 13.2 Å². The van der Waals surface area contributed by atoms with Crippen LogP contribution in [0.3, 0.4) is 0 Å². The third-order valence-corrected chi connectivity index (χ3v) is 5.25. The van der Waals surface area contributed by atoms with Crippen molar-refractivity contribution in [1.29, 1.82) is 0 Å². The first kappa shape index (κ1) is 17.1. The molecule has 8 heteroatoms. The maximum atomic E-state index is 5.28. The molecule has 0 spiro atoms. The van der Waals surface area contributed by atoms with Crippen LogP contribution in [0.15, 0.2) is 40.2 Å². The molecule has 0 N–H and O–H groups in total. The molecule has 1 aliphatic rings. The van der Waals surface area contributed by atoms with Crippen LogP contribution in [0.5, 0.6) is 0 Å². The monoisotopic (exact) mass is 371 g/mol. The maximum Gasteiger partial charge on any atom is 0.240 e. The minimum atomic E-state index is 0.380. The zero-order valence-electron chi connectivity index (χ0n) is 14.7. The van der Waals surface area contributed by atoms with Crippen LogP contribution in [0.1, 0.15) is 11.7 Å². The van der Waals surface area contributed by atoms with Gasteiger partial charge in [-0.3, -0.25) is 4.90 Å². The summed E-state index contributed by atoms with van der Waals surface area (Å²) in [5.41, 5.74) is 2.21. The molecule has 136 valence electrons. The van der Waals surface area contributed by atoms with Gasteiger partial charge in [-0.2, -0.15) is 4.98 Å². The lowest BCUT2D eigenvalue weighted by molar-refractivity contribution is 0.174. The molecule has 1 saturated heterocycles. The molecule has 2 aromatic heterocycles. The van der Waals surface area contributed by atoms with Crippen LogP contribution in [0, 0.1) is 0 Å². The predicted molar refractivity (Wildman–Crippen MR) is 100 cm³/mol. The van der Waals surface area contributed by atoms with Crippen molar-refractivity contribution < 1.29 is 9.26 Å². The van der Waals surface area contributed by atoms with Crippen molar-refractivity contribution >= 4 is 16.5 Å². The molecule has 0 saturated carbocycles. The Balaban J connectivity index is 1.33. The van der Waals surface area contributed by atoms with Gasteiger partial charge in [0.05, 0.1) is 12.2 Å². The van der Waals surface area contributed by atoms with Crippen LogP contribution < -0.4 is 4.90 Å². The number of aromatic nitrogens is 3. The van der Waals surface area contributed by atoms with Crippen molar-refractivity contribution in [3.8, 4) is 11.3 Å². The van der Waals surface area contributed by atoms with Crippen molar-refractivity contribution in [3.63, 3.8) is 0 Å². The molecule has 3 aromatic rings. The molecule has 0 atom stereocenters. The summed E-state index contributed by atoms with van der Waals surface area (Å²) in [5, 5.41) is 7.13. The SMILES string of the molecule is COCc1noc(CN2CCN(c3nc(-c4ccccc4)cs3)CC2)n1. The number of thiazole rings is 1. The zero-order chi connectivity index (χ0) is 17.8. The number of methoxy groups -OCH3 is 1. The molecule has 0 bridgehead atoms. The van der Waals surface area contributed by atoms with Crippen LogP contribution in [0.25, 0.3) is 11.3 Å². The van der Waals surface area contributed by atoms with E-state index in [-0.39, 0.29) is 0 Å². The minimum Gasteiger partial charge on any atom is -0.377 e. The van der Waals surface area contributed by atoms with Gasteiger partial charge in [-0.05, 0) is 0 Å². The molecular weight excluding hydrogens is 350 g/mol. The molecule has 1 aliphatic heterocycles. The van der Waals surface area contributed by atoms with Gasteiger partial charge < -0.3 is 14.2 Å². The Morgan fingerprint density at radius 2 is 1.92 bits per heavy atom. The van der Waals surface area contributed by atoms with Gasteiger partial charge in [-0.1, -0.05) is 35.5 Å². The molecule has 26 heavy (non-hydrogen) atoms. The highest BCUT2D eigenvalue weighted by Gasteiger charge is 2.21. The minimum absolute atomic E-state index is 0.380. The van der Waals surface area contributed by atoms with E-state index >= 15 is 0 Å². The van der Waals surface area contributed by atoms with E-state index in [0.29, 0.717) is 24.9 Å². The van der Waals surface area contributed by atoms with Crippen molar-refractivity contribution in [2.24, 2.45) is 0 Å². The molecule has 7 nitrogen and oxygen atoms in total. The number of nitrogens with zero attached hydrogens (tertiary/aromatic N) is 5. The summed E-state index contributed by atoms with van der Waals surface area (Å²) in [4.78, 5) is 13.8. The quantitative estimate of drug-likeness (QED) is 0.660. The molecule has 1 aromatic carbocycles. The van der Waals surface area contributed by atoms with Crippen LogP contribution in [-0.2, 0) is 17.9 Å². The Hall–Kier alpha value is -2.29. The highest BCUT2D eigenvalue weighted by molar-refractivity contribution is 7.14. The van der Waals surface area contributed by atoms with E-state index in [2.05, 4.69) is 37.5 Å². The Labute approximate surface area is 156 Å². The van der Waals surface area contributed by atoms with E-state index in [1.165, 1.54) is 0 Å². The zero-order valence-corrected chi connectivity index (χ0v) is 15.5. The van der Waals surface area contributed by atoms with Crippen molar-refractivity contribution in [1.82, 2.24) is 20.0 Å². The molecule has 0 unspecified atom stereocenters. The first-order chi connectivity index (χ1) is 12.8. The van der Waals surface area contributed by atoms with E-state index < -0.39 is 0 Å². The van der Waals surface area contributed by atoms with Gasteiger partial charge in [0.2, 0.25) is 5.89 Å². The Bertz CT molecular complexity index is 827. The number of benzene rings is 1. The number of anilines is 1. The number of ether oxygens (including phenoxy) is 1. The van der Waals surface area contributed by atoms with Crippen molar-refractivity contribution in [3.05, 3.63) is 47.4 Å². The number of piperazine rings is 1. The smallest absolute Gasteiger partial charge is 0.240 e. The predicted octanol–water partition coefficient (Wildman–Crippen LogP) is 2.66. The number of hydrogen-bond donors (Lipinski definition) is 0. The Kier molecular flexibility index (Phi) is 5.24. The molecule has 4 rings (SSSR count). The second-order valence-corrected chi connectivity index (χ2v) is 7.02. The second-order valence-electron chi connectivity index (χ2n) is 6.18. The molecular formula is C18H21N5O2S. The van der Waals surface area contributed by atoms with E-state index in [1.807, 2.05) is 18.2 Å². The summed E-state index contributed by atoms with van der Waals surface area (Å²) >= 11 is 1.71. The van der Waals surface area contributed by atoms with E-state index in [0.717, 1.165) is 42.6 Å². The molecule has 0 amide bonds. The Morgan fingerprint density at radius 3 is 2.69 bits per heavy atom. The summed E-state index contributed by atoms with van der Waals surface area (Å²) in [6.45, 7) is 4.84. The fourth-order valence-electron chi connectivity index (χ4n) is 2.98. The fraction of sp³-hybridized carbons (Fsp3) is 0.389. The van der Waals surface area contributed by atoms with E-state index in [4.69, 9.17) is 14.2 Å². The third kappa shape index (κ3) is 3.92. The summed E-state index contributed by atoms with van der Waals surface area (Å²) in [6, 6.07) is 10.3. The van der Waals surface area contributed by atoms with Gasteiger partial charge in [-0.15, -0.1) is 11.3 Å². The highest BCUT2D eigenvalue weighted by Crippen LogP contribution is 2.28. The van der Waals surface area contributed by atoms with Crippen LogP contribution in [-0.4, -0.2) is 53.3 Å². The average molecular weight is 371 g/mol. The normalized spacial score (nSPS) is 15.5. The highest BCUT2D eigenvalue weighted by atomic mass is 32.1. The largest absolute Gasteiger partial charge is 0.377 e. The van der Waals surface area contributed by atoms with E-state index in [9.17, 15) is 0 Å². The first-order valence-electron chi connectivity index (χ1n) is 8.60. The lowest BCUT2D eigenvalue weighted by atomic mass is 10.2. The standard InChI is InChI=1S/C18H21N5O2S/c1-24-12-16-20-17(25-21-16)11-22-7-9-23(10-8-22)18-19-15(13-26-18)14-5-3-2-4-6-14/h2-6,13H,7-12H2,1H3. The topological polar surface area (TPSA) is 67.5 Å². The summed E-state index contributed by atoms with van der Waals surface area (Å²) < 4.78 is 10.3. The lowest BCUT2D eigenvalue weighted by Gasteiger charge is -2.33. The van der Waals surface area contributed by atoms with Gasteiger partial charge in [-0.25, -0.2) is 4.98 Å². The number of hydrogen-bond acceptors (Lipinski definition) is 8. The van der Waals surface area contributed by atoms with Gasteiger partial charge in [0.1, 0.15) is 6.61 Å². The summed E-state index contributed by atoms with van der Waals surface area (Å²) in [5.74, 6) is 1.24. The molecule has 0 aliphatic carbocycles. The van der Waals surface area contributed by atoms with Gasteiger partial charge >= 0.3 is 0 Å². The Morgan fingerprint density at radius 1 is 1.12 bits per heavy atom. The van der Waals surface area contributed by atoms with Crippen LogP contribution >= 0.6 is 11.3 Å². The molecule has 1 fully saturated rings. The lowest BCUT2D eigenvalue weighted by Crippen LogP contribution is -2.46. The van der Waals surface area contributed by atoms with E-state index in [1.54, 1.807) is 18.4 Å². The maximum absolute atomic E-state index is 5.28. The average Bonchev–Trinajstić information content (AvgIpc) is 3.33. The van der Waals surface area contributed by atoms with Crippen LogP contribution in [0.2, 0.25) is 0 Å². The molecule has 0 radical (unpaired) electrons. The van der Waals surface area contributed by atoms with Crippen LogP contribution in [0.4, 0.5) is 5.13 Å². The fourth-order valence-corrected chi connectivity index (χ4v) is 3.87. The summed E-state index contributed by atoms with van der Waals surface area (Å²) in [7, 11) is 1.62. The van der Waals surface area contributed by atoms with Gasteiger partial charge in [0, 0.05) is 44.2 Å². The third-order valence-electron chi connectivity index (χ3n) is 4.35.